The third-order valence-corrected chi connectivity index (χ3v) is 9.34. The average Bonchev–Trinajstić information content (AvgIpc) is 3.33. The standard InChI is InChI=1S/C42H64O5/c1-9-10-11-12-13-14-15-16-17-18-19-20-21-22-23-24-37(43)46-31(2)45-34-27-25-32(26-28-34)38-35-29-33(41(3,4)5)30-36(42(6,7)8)39(35)47-40(38)44/h25-31,38H,9-24H2,1-8H3. The van der Waals surface area contributed by atoms with E-state index in [9.17, 15) is 9.59 Å². The summed E-state index contributed by atoms with van der Waals surface area (Å²) in [5, 5.41) is 0. The largest absolute Gasteiger partial charge is 0.455 e. The molecule has 0 aliphatic carbocycles. The topological polar surface area (TPSA) is 61.8 Å². The first-order chi connectivity index (χ1) is 22.3. The second-order valence-corrected chi connectivity index (χ2v) is 15.7. The molecular formula is C42H64O5. The summed E-state index contributed by atoms with van der Waals surface area (Å²) in [6.07, 6.45) is 19.2. The maximum absolute atomic E-state index is 13.2. The minimum atomic E-state index is -0.689. The number of rotatable bonds is 20. The molecule has 0 bridgehead atoms. The van der Waals surface area contributed by atoms with E-state index in [1.807, 2.05) is 24.3 Å². The van der Waals surface area contributed by atoms with Gasteiger partial charge in [-0.2, -0.15) is 0 Å². The van der Waals surface area contributed by atoms with E-state index < -0.39 is 12.2 Å². The van der Waals surface area contributed by atoms with E-state index in [0.29, 0.717) is 17.9 Å². The normalized spacial score (nSPS) is 15.3. The molecule has 0 saturated carbocycles. The van der Waals surface area contributed by atoms with Gasteiger partial charge in [0.1, 0.15) is 17.4 Å². The van der Waals surface area contributed by atoms with Crippen LogP contribution in [0.3, 0.4) is 0 Å². The van der Waals surface area contributed by atoms with Gasteiger partial charge in [0.05, 0.1) is 0 Å². The SMILES string of the molecule is CCCCCCCCCCCCCCCCCC(=O)OC(C)Oc1ccc(C2C(=O)Oc3c2cc(C(C)(C)C)cc3C(C)(C)C)cc1. The summed E-state index contributed by atoms with van der Waals surface area (Å²) < 4.78 is 17.3. The molecule has 0 saturated heterocycles. The van der Waals surface area contributed by atoms with E-state index >= 15 is 0 Å². The summed E-state index contributed by atoms with van der Waals surface area (Å²) in [5.74, 6) is 0.305. The second kappa shape index (κ2) is 18.7. The van der Waals surface area contributed by atoms with Gasteiger partial charge in [0, 0.05) is 24.5 Å². The van der Waals surface area contributed by atoms with Crippen molar-refractivity contribution in [1.82, 2.24) is 0 Å². The lowest BCUT2D eigenvalue weighted by molar-refractivity contribution is -0.161. The van der Waals surface area contributed by atoms with Crippen LogP contribution in [0.4, 0.5) is 0 Å². The predicted molar refractivity (Wildman–Crippen MR) is 193 cm³/mol. The number of hydrogen-bond donors (Lipinski definition) is 0. The van der Waals surface area contributed by atoms with Crippen LogP contribution in [0.1, 0.15) is 186 Å². The van der Waals surface area contributed by atoms with E-state index in [1.165, 1.54) is 89.0 Å². The van der Waals surface area contributed by atoms with Crippen LogP contribution in [0.5, 0.6) is 11.5 Å². The van der Waals surface area contributed by atoms with Gasteiger partial charge in [-0.1, -0.05) is 163 Å². The fourth-order valence-electron chi connectivity index (χ4n) is 6.41. The van der Waals surface area contributed by atoms with Gasteiger partial charge in [-0.05, 0) is 40.5 Å². The molecular weight excluding hydrogens is 584 g/mol. The van der Waals surface area contributed by atoms with Crippen LogP contribution >= 0.6 is 0 Å². The Morgan fingerprint density at radius 2 is 1.26 bits per heavy atom. The predicted octanol–water partition coefficient (Wildman–Crippen LogP) is 11.9. The summed E-state index contributed by atoms with van der Waals surface area (Å²) in [4.78, 5) is 25.6. The molecule has 2 atom stereocenters. The number of benzene rings is 2. The lowest BCUT2D eigenvalue weighted by Gasteiger charge is -2.27. The number of hydrogen-bond acceptors (Lipinski definition) is 5. The fraction of sp³-hybridized carbons (Fsp3) is 0.667. The van der Waals surface area contributed by atoms with Gasteiger partial charge >= 0.3 is 11.9 Å². The molecule has 0 amide bonds. The van der Waals surface area contributed by atoms with Gasteiger partial charge in [-0.25, -0.2) is 0 Å². The second-order valence-electron chi connectivity index (χ2n) is 15.7. The quantitative estimate of drug-likeness (QED) is 0.0619. The molecule has 5 heteroatoms. The Labute approximate surface area is 286 Å². The summed E-state index contributed by atoms with van der Waals surface area (Å²) in [5.41, 5.74) is 3.77. The average molecular weight is 649 g/mol. The zero-order chi connectivity index (χ0) is 34.5. The zero-order valence-corrected chi connectivity index (χ0v) is 31.0. The Hall–Kier alpha value is -2.82. The number of ether oxygens (including phenoxy) is 3. The number of fused-ring (bicyclic) bond motifs is 1. The van der Waals surface area contributed by atoms with Gasteiger partial charge in [0.25, 0.3) is 0 Å². The maximum Gasteiger partial charge on any atom is 0.323 e. The molecule has 5 nitrogen and oxygen atoms in total. The van der Waals surface area contributed by atoms with E-state index in [2.05, 4.69) is 60.6 Å². The lowest BCUT2D eigenvalue weighted by Crippen LogP contribution is -2.20. The highest BCUT2D eigenvalue weighted by Crippen LogP contribution is 2.47. The van der Waals surface area contributed by atoms with Crippen LogP contribution in [0, 0.1) is 0 Å². The smallest absolute Gasteiger partial charge is 0.323 e. The third kappa shape index (κ3) is 12.6. The van der Waals surface area contributed by atoms with Gasteiger partial charge in [0.2, 0.25) is 6.29 Å². The van der Waals surface area contributed by atoms with Crippen molar-refractivity contribution in [3.63, 3.8) is 0 Å². The Kier molecular flexibility index (Phi) is 15.3. The van der Waals surface area contributed by atoms with E-state index in [4.69, 9.17) is 14.2 Å². The molecule has 0 aromatic heterocycles. The van der Waals surface area contributed by atoms with Crippen LogP contribution in [0.15, 0.2) is 36.4 Å². The van der Waals surface area contributed by atoms with Crippen LogP contribution in [0.25, 0.3) is 0 Å². The van der Waals surface area contributed by atoms with Crippen molar-refractivity contribution in [2.75, 3.05) is 0 Å². The number of unbranched alkanes of at least 4 members (excludes halogenated alkanes) is 14. The Morgan fingerprint density at radius 3 is 1.74 bits per heavy atom. The first-order valence-corrected chi connectivity index (χ1v) is 18.7. The minimum absolute atomic E-state index is 0.0668. The van der Waals surface area contributed by atoms with Crippen molar-refractivity contribution in [2.24, 2.45) is 0 Å². The van der Waals surface area contributed by atoms with Gasteiger partial charge in [-0.15, -0.1) is 0 Å². The highest BCUT2D eigenvalue weighted by Gasteiger charge is 2.39. The summed E-state index contributed by atoms with van der Waals surface area (Å²) in [7, 11) is 0. The molecule has 0 fully saturated rings. The van der Waals surface area contributed by atoms with Crippen LogP contribution in [-0.2, 0) is 25.2 Å². The highest BCUT2D eigenvalue weighted by molar-refractivity contribution is 5.90. The Balaban J connectivity index is 1.37. The van der Waals surface area contributed by atoms with Crippen molar-refractivity contribution in [1.29, 1.82) is 0 Å². The molecule has 0 spiro atoms. The molecule has 1 heterocycles. The molecule has 1 aliphatic rings. The third-order valence-electron chi connectivity index (χ3n) is 9.34. The molecule has 262 valence electrons. The van der Waals surface area contributed by atoms with Crippen LogP contribution in [0.2, 0.25) is 0 Å². The van der Waals surface area contributed by atoms with E-state index in [0.717, 1.165) is 29.5 Å². The van der Waals surface area contributed by atoms with Crippen molar-refractivity contribution in [2.45, 2.75) is 181 Å². The highest BCUT2D eigenvalue weighted by atomic mass is 16.7. The Bertz CT molecular complexity index is 1250. The molecule has 47 heavy (non-hydrogen) atoms. The van der Waals surface area contributed by atoms with Gasteiger partial charge in [-0.3, -0.25) is 9.59 Å². The molecule has 2 unspecified atom stereocenters. The van der Waals surface area contributed by atoms with Crippen molar-refractivity contribution in [3.8, 4) is 11.5 Å². The monoisotopic (exact) mass is 648 g/mol. The summed E-state index contributed by atoms with van der Waals surface area (Å²) in [6, 6.07) is 11.8. The van der Waals surface area contributed by atoms with Crippen molar-refractivity contribution < 1.29 is 23.8 Å². The van der Waals surface area contributed by atoms with Gasteiger partial charge in [0.15, 0.2) is 0 Å². The minimum Gasteiger partial charge on any atom is -0.455 e. The molecule has 3 rings (SSSR count). The molecule has 2 aromatic rings. The number of carbonyl (C=O) groups is 2. The van der Waals surface area contributed by atoms with Crippen molar-refractivity contribution in [3.05, 3.63) is 58.7 Å². The molecule has 0 N–H and O–H groups in total. The first-order valence-electron chi connectivity index (χ1n) is 18.7. The fourth-order valence-corrected chi connectivity index (χ4v) is 6.41. The summed E-state index contributed by atoms with van der Waals surface area (Å²) in [6.45, 7) is 17.0. The zero-order valence-electron chi connectivity index (χ0n) is 31.0. The van der Waals surface area contributed by atoms with Crippen molar-refractivity contribution >= 4 is 11.9 Å². The van der Waals surface area contributed by atoms with Crippen LogP contribution in [-0.4, -0.2) is 18.2 Å². The molecule has 2 aromatic carbocycles. The lowest BCUT2D eigenvalue weighted by atomic mass is 9.77. The van der Waals surface area contributed by atoms with E-state index in [1.54, 1.807) is 6.92 Å². The van der Waals surface area contributed by atoms with Gasteiger partial charge < -0.3 is 14.2 Å². The maximum atomic E-state index is 13.2. The van der Waals surface area contributed by atoms with E-state index in [-0.39, 0.29) is 22.8 Å². The van der Waals surface area contributed by atoms with Crippen LogP contribution < -0.4 is 9.47 Å². The Morgan fingerprint density at radius 1 is 0.745 bits per heavy atom. The number of esters is 2. The summed E-state index contributed by atoms with van der Waals surface area (Å²) >= 11 is 0. The molecule has 0 radical (unpaired) electrons. The molecule has 1 aliphatic heterocycles. The number of carbonyl (C=O) groups excluding carboxylic acids is 2. The first kappa shape index (κ1) is 38.6.